The van der Waals surface area contributed by atoms with Crippen LogP contribution in [0.4, 0.5) is 0 Å². The molecule has 0 amide bonds. The normalized spacial score (nSPS) is 45.7. The minimum Gasteiger partial charge on any atom is -0.314 e. The minimum atomic E-state index is 0.700. The highest BCUT2D eigenvalue weighted by Crippen LogP contribution is 2.46. The Bertz CT molecular complexity index is 168. The molecule has 2 fully saturated rings. The van der Waals surface area contributed by atoms with Crippen molar-refractivity contribution in [1.82, 2.24) is 5.32 Å². The summed E-state index contributed by atoms with van der Waals surface area (Å²) in [5, 5.41) is 3.61. The van der Waals surface area contributed by atoms with Gasteiger partial charge in [0.25, 0.3) is 0 Å². The Morgan fingerprint density at radius 2 is 1.92 bits per heavy atom. The van der Waals surface area contributed by atoms with E-state index in [-0.39, 0.29) is 0 Å². The van der Waals surface area contributed by atoms with Crippen LogP contribution in [-0.2, 0) is 0 Å². The molecule has 1 saturated heterocycles. The van der Waals surface area contributed by atoms with Crippen LogP contribution < -0.4 is 5.32 Å². The Morgan fingerprint density at radius 3 is 2.38 bits per heavy atom. The zero-order valence-corrected chi connectivity index (χ0v) is 9.10. The Balaban J connectivity index is 1.95. The highest BCUT2D eigenvalue weighted by atomic mass is 15.0. The predicted octanol–water partition coefficient (Wildman–Crippen LogP) is 2.95. The van der Waals surface area contributed by atoms with Crippen molar-refractivity contribution in [3.05, 3.63) is 0 Å². The van der Waals surface area contributed by atoms with Crippen LogP contribution >= 0.6 is 0 Å². The molecule has 0 bridgehead atoms. The van der Waals surface area contributed by atoms with Crippen molar-refractivity contribution in [1.29, 1.82) is 0 Å². The molecule has 1 aliphatic heterocycles. The maximum Gasteiger partial charge on any atom is 0.00956 e. The van der Waals surface area contributed by atoms with E-state index in [2.05, 4.69) is 19.2 Å². The van der Waals surface area contributed by atoms with Crippen LogP contribution in [0, 0.1) is 11.3 Å². The third-order valence-corrected chi connectivity index (χ3v) is 4.67. The molecule has 0 aromatic rings. The maximum atomic E-state index is 3.61. The zero-order valence-electron chi connectivity index (χ0n) is 9.10. The van der Waals surface area contributed by atoms with Crippen LogP contribution in [0.1, 0.15) is 52.4 Å². The van der Waals surface area contributed by atoms with E-state index in [4.69, 9.17) is 0 Å². The van der Waals surface area contributed by atoms with Gasteiger partial charge in [-0.1, -0.05) is 13.3 Å². The lowest BCUT2D eigenvalue weighted by Crippen LogP contribution is -2.37. The van der Waals surface area contributed by atoms with Crippen LogP contribution in [0.2, 0.25) is 0 Å². The molecule has 1 spiro atoms. The number of nitrogens with one attached hydrogen (secondary N) is 1. The molecule has 1 heteroatoms. The number of hydrogen-bond acceptors (Lipinski definition) is 1. The van der Waals surface area contributed by atoms with Gasteiger partial charge in [-0.15, -0.1) is 0 Å². The average Bonchev–Trinajstić information content (AvgIpc) is 2.50. The second-order valence-corrected chi connectivity index (χ2v) is 5.14. The first-order valence-electron chi connectivity index (χ1n) is 6.00. The van der Waals surface area contributed by atoms with Gasteiger partial charge in [0.15, 0.2) is 0 Å². The summed E-state index contributed by atoms with van der Waals surface area (Å²) < 4.78 is 0. The molecule has 0 aromatic carbocycles. The molecule has 76 valence electrons. The smallest absolute Gasteiger partial charge is 0.00956 e. The van der Waals surface area contributed by atoms with E-state index in [0.29, 0.717) is 5.41 Å². The van der Waals surface area contributed by atoms with E-state index >= 15 is 0 Å². The summed E-state index contributed by atoms with van der Waals surface area (Å²) in [6, 6.07) is 0.783. The van der Waals surface area contributed by atoms with E-state index < -0.39 is 0 Å². The van der Waals surface area contributed by atoms with Gasteiger partial charge in [-0.05, 0) is 56.9 Å². The lowest BCUT2D eigenvalue weighted by atomic mass is 9.66. The van der Waals surface area contributed by atoms with Gasteiger partial charge < -0.3 is 5.32 Å². The third kappa shape index (κ3) is 1.63. The summed E-state index contributed by atoms with van der Waals surface area (Å²) >= 11 is 0. The molecule has 1 saturated carbocycles. The molecule has 1 aliphatic carbocycles. The molecular formula is C12H23N. The maximum absolute atomic E-state index is 3.61. The van der Waals surface area contributed by atoms with Crippen molar-refractivity contribution in [2.24, 2.45) is 11.3 Å². The Labute approximate surface area is 82.3 Å². The Morgan fingerprint density at radius 1 is 1.23 bits per heavy atom. The summed E-state index contributed by atoms with van der Waals surface area (Å²) in [5.41, 5.74) is 0.700. The van der Waals surface area contributed by atoms with Crippen LogP contribution in [0.5, 0.6) is 0 Å². The second-order valence-electron chi connectivity index (χ2n) is 5.14. The van der Waals surface area contributed by atoms with Crippen molar-refractivity contribution < 1.29 is 0 Å². The Hall–Kier alpha value is -0.0400. The SMILES string of the molecule is CCC1CCC2(CCNC2C)CC1. The fourth-order valence-electron chi connectivity index (χ4n) is 3.31. The summed E-state index contributed by atoms with van der Waals surface area (Å²) in [6.07, 6.45) is 8.78. The molecule has 0 radical (unpaired) electrons. The van der Waals surface area contributed by atoms with E-state index in [1.54, 1.807) is 0 Å². The first kappa shape index (κ1) is 9.51. The molecular weight excluding hydrogens is 158 g/mol. The second kappa shape index (κ2) is 3.61. The monoisotopic (exact) mass is 181 g/mol. The van der Waals surface area contributed by atoms with Crippen LogP contribution in [-0.4, -0.2) is 12.6 Å². The van der Waals surface area contributed by atoms with Gasteiger partial charge >= 0.3 is 0 Å². The van der Waals surface area contributed by atoms with Gasteiger partial charge in [0, 0.05) is 6.04 Å². The Kier molecular flexibility index (Phi) is 2.64. The fraction of sp³-hybridized carbons (Fsp3) is 1.00. The van der Waals surface area contributed by atoms with Crippen molar-refractivity contribution >= 4 is 0 Å². The van der Waals surface area contributed by atoms with Crippen LogP contribution in [0.25, 0.3) is 0 Å². The van der Waals surface area contributed by atoms with Crippen LogP contribution in [0.3, 0.4) is 0 Å². The average molecular weight is 181 g/mol. The van der Waals surface area contributed by atoms with Crippen molar-refractivity contribution in [2.45, 2.75) is 58.4 Å². The molecule has 1 unspecified atom stereocenters. The number of hydrogen-bond donors (Lipinski definition) is 1. The predicted molar refractivity (Wildman–Crippen MR) is 56.8 cm³/mol. The first-order valence-corrected chi connectivity index (χ1v) is 6.00. The summed E-state index contributed by atoms with van der Waals surface area (Å²) in [6.45, 7) is 6.00. The zero-order chi connectivity index (χ0) is 9.31. The lowest BCUT2D eigenvalue weighted by molar-refractivity contribution is 0.134. The lowest BCUT2D eigenvalue weighted by Gasteiger charge is -2.40. The first-order chi connectivity index (χ1) is 6.27. The largest absolute Gasteiger partial charge is 0.314 e. The molecule has 1 atom stereocenters. The van der Waals surface area contributed by atoms with Gasteiger partial charge in [-0.2, -0.15) is 0 Å². The fourth-order valence-corrected chi connectivity index (χ4v) is 3.31. The highest BCUT2D eigenvalue weighted by Gasteiger charge is 2.42. The van der Waals surface area contributed by atoms with Gasteiger partial charge in [-0.25, -0.2) is 0 Å². The molecule has 0 aromatic heterocycles. The van der Waals surface area contributed by atoms with Crippen molar-refractivity contribution in [2.75, 3.05) is 6.54 Å². The minimum absolute atomic E-state index is 0.700. The quantitative estimate of drug-likeness (QED) is 0.656. The van der Waals surface area contributed by atoms with E-state index in [1.165, 1.54) is 45.1 Å². The highest BCUT2D eigenvalue weighted by molar-refractivity contribution is 4.97. The molecule has 1 nitrogen and oxygen atoms in total. The molecule has 2 aliphatic rings. The topological polar surface area (TPSA) is 12.0 Å². The molecule has 1 heterocycles. The van der Waals surface area contributed by atoms with Gasteiger partial charge in [-0.3, -0.25) is 0 Å². The van der Waals surface area contributed by atoms with Crippen LogP contribution in [0.15, 0.2) is 0 Å². The molecule has 2 rings (SSSR count). The van der Waals surface area contributed by atoms with Crippen molar-refractivity contribution in [3.63, 3.8) is 0 Å². The molecule has 13 heavy (non-hydrogen) atoms. The van der Waals surface area contributed by atoms with Gasteiger partial charge in [0.1, 0.15) is 0 Å². The van der Waals surface area contributed by atoms with Gasteiger partial charge in [0.2, 0.25) is 0 Å². The third-order valence-electron chi connectivity index (χ3n) is 4.67. The van der Waals surface area contributed by atoms with E-state index in [1.807, 2.05) is 0 Å². The summed E-state index contributed by atoms with van der Waals surface area (Å²) in [7, 11) is 0. The summed E-state index contributed by atoms with van der Waals surface area (Å²) in [4.78, 5) is 0. The van der Waals surface area contributed by atoms with E-state index in [9.17, 15) is 0 Å². The van der Waals surface area contributed by atoms with E-state index in [0.717, 1.165) is 12.0 Å². The summed E-state index contributed by atoms with van der Waals surface area (Å²) in [5.74, 6) is 1.04. The molecule has 1 N–H and O–H groups in total. The van der Waals surface area contributed by atoms with Gasteiger partial charge in [0.05, 0.1) is 0 Å². The number of rotatable bonds is 1. The van der Waals surface area contributed by atoms with Crippen molar-refractivity contribution in [3.8, 4) is 0 Å². The standard InChI is InChI=1S/C12H23N/c1-3-11-4-6-12(7-5-11)8-9-13-10(12)2/h10-11,13H,3-9H2,1-2H3.